The molecule has 0 aromatic heterocycles. The highest BCUT2D eigenvalue weighted by Gasteiger charge is 2.28. The van der Waals surface area contributed by atoms with Crippen LogP contribution in [0.5, 0.6) is 5.75 Å². The lowest BCUT2D eigenvalue weighted by Gasteiger charge is -2.29. The summed E-state index contributed by atoms with van der Waals surface area (Å²) in [6.07, 6.45) is 0.546. The summed E-state index contributed by atoms with van der Waals surface area (Å²) in [5.41, 5.74) is 0.692. The average molecular weight is 343 g/mol. The number of thioether (sulfide) groups is 1. The molecule has 126 valence electrons. The lowest BCUT2D eigenvalue weighted by Crippen LogP contribution is -2.43. The van der Waals surface area contributed by atoms with Crippen LogP contribution in [0, 0.1) is 0 Å². The average Bonchev–Trinajstić information content (AvgIpc) is 2.60. The van der Waals surface area contributed by atoms with E-state index >= 15 is 0 Å². The number of amides is 1. The summed E-state index contributed by atoms with van der Waals surface area (Å²) in [5.74, 6) is 0.550. The number of rotatable bonds is 6. The molecule has 0 radical (unpaired) electrons. The van der Waals surface area contributed by atoms with E-state index in [2.05, 4.69) is 0 Å². The van der Waals surface area contributed by atoms with Crippen LogP contribution in [0.2, 0.25) is 0 Å². The third-order valence-electron chi connectivity index (χ3n) is 3.62. The molecule has 0 saturated carbocycles. The van der Waals surface area contributed by atoms with E-state index in [1.54, 1.807) is 36.3 Å². The van der Waals surface area contributed by atoms with E-state index in [9.17, 15) is 9.59 Å². The van der Waals surface area contributed by atoms with Crippen molar-refractivity contribution in [2.75, 3.05) is 12.0 Å². The van der Waals surface area contributed by atoms with Crippen molar-refractivity contribution < 1.29 is 14.3 Å². The first-order chi connectivity index (χ1) is 11.6. The van der Waals surface area contributed by atoms with E-state index in [0.29, 0.717) is 17.9 Å². The maximum Gasteiger partial charge on any atom is 0.224 e. The zero-order chi connectivity index (χ0) is 17.5. The van der Waals surface area contributed by atoms with Crippen molar-refractivity contribution in [3.63, 3.8) is 0 Å². The van der Waals surface area contributed by atoms with Crippen molar-refractivity contribution in [1.82, 2.24) is 0 Å². The van der Waals surface area contributed by atoms with Crippen LogP contribution in [0.3, 0.4) is 0 Å². The van der Waals surface area contributed by atoms with E-state index < -0.39 is 6.04 Å². The minimum Gasteiger partial charge on any atom is -0.497 e. The SMILES string of the molecule is CC[C@@H](C(=O)Sc1ccccc1)N(C(C)=O)c1ccc(OC)cc1. The third kappa shape index (κ3) is 4.38. The van der Waals surface area contributed by atoms with Crippen molar-refractivity contribution in [2.24, 2.45) is 0 Å². The molecule has 2 rings (SSSR count). The minimum absolute atomic E-state index is 0.0466. The van der Waals surface area contributed by atoms with Crippen molar-refractivity contribution >= 4 is 28.5 Å². The predicted octanol–water partition coefficient (Wildman–Crippen LogP) is 4.15. The van der Waals surface area contributed by atoms with Crippen molar-refractivity contribution in [3.8, 4) is 5.75 Å². The number of hydrogen-bond donors (Lipinski definition) is 0. The Kier molecular flexibility index (Phi) is 6.44. The Morgan fingerprint density at radius 1 is 1.08 bits per heavy atom. The lowest BCUT2D eigenvalue weighted by molar-refractivity contribution is -0.120. The molecule has 2 aromatic carbocycles. The van der Waals surface area contributed by atoms with Gasteiger partial charge in [-0.1, -0.05) is 25.1 Å². The van der Waals surface area contributed by atoms with Crippen LogP contribution in [0.4, 0.5) is 5.69 Å². The zero-order valence-electron chi connectivity index (χ0n) is 14.1. The molecular weight excluding hydrogens is 322 g/mol. The fourth-order valence-corrected chi connectivity index (χ4v) is 3.39. The first kappa shape index (κ1) is 18.1. The van der Waals surface area contributed by atoms with Crippen LogP contribution in [0.15, 0.2) is 59.5 Å². The number of methoxy groups -OCH3 is 1. The molecule has 0 aliphatic heterocycles. The minimum atomic E-state index is -0.513. The Morgan fingerprint density at radius 2 is 1.71 bits per heavy atom. The summed E-state index contributed by atoms with van der Waals surface area (Å²) in [6.45, 7) is 3.39. The molecule has 0 aliphatic carbocycles. The molecule has 0 heterocycles. The van der Waals surface area contributed by atoms with E-state index in [1.165, 1.54) is 18.7 Å². The van der Waals surface area contributed by atoms with Gasteiger partial charge in [-0.3, -0.25) is 9.59 Å². The predicted molar refractivity (Wildman–Crippen MR) is 97.5 cm³/mol. The monoisotopic (exact) mass is 343 g/mol. The van der Waals surface area contributed by atoms with Gasteiger partial charge >= 0.3 is 0 Å². The molecular formula is C19H21NO3S. The topological polar surface area (TPSA) is 46.6 Å². The van der Waals surface area contributed by atoms with Crippen LogP contribution in [-0.2, 0) is 9.59 Å². The second-order valence-electron chi connectivity index (χ2n) is 5.25. The van der Waals surface area contributed by atoms with Crippen molar-refractivity contribution in [1.29, 1.82) is 0 Å². The lowest BCUT2D eigenvalue weighted by atomic mass is 10.1. The van der Waals surface area contributed by atoms with Crippen LogP contribution in [0.1, 0.15) is 20.3 Å². The number of hydrogen-bond acceptors (Lipinski definition) is 4. The number of benzene rings is 2. The Hall–Kier alpha value is -2.27. The standard InChI is InChI=1S/C19H21NO3S/c1-4-18(19(22)24-17-8-6-5-7-9-17)20(14(2)21)15-10-12-16(23-3)13-11-15/h5-13,18H,4H2,1-3H3/t18-/m0/s1. The second-order valence-corrected chi connectivity index (χ2v) is 6.32. The maximum absolute atomic E-state index is 12.7. The highest BCUT2D eigenvalue weighted by molar-refractivity contribution is 8.13. The Bertz CT molecular complexity index is 686. The van der Waals surface area contributed by atoms with Crippen molar-refractivity contribution in [3.05, 3.63) is 54.6 Å². The first-order valence-electron chi connectivity index (χ1n) is 7.77. The van der Waals surface area contributed by atoms with Gasteiger partial charge in [-0.15, -0.1) is 0 Å². The molecule has 1 amide bonds. The first-order valence-corrected chi connectivity index (χ1v) is 8.59. The van der Waals surface area contributed by atoms with Crippen LogP contribution in [0.25, 0.3) is 0 Å². The Morgan fingerprint density at radius 3 is 2.21 bits per heavy atom. The highest BCUT2D eigenvalue weighted by atomic mass is 32.2. The molecule has 0 aliphatic rings. The third-order valence-corrected chi connectivity index (χ3v) is 4.60. The fraction of sp³-hybridized carbons (Fsp3) is 0.263. The van der Waals surface area contributed by atoms with Gasteiger partial charge in [-0.2, -0.15) is 0 Å². The molecule has 0 fully saturated rings. The van der Waals surface area contributed by atoms with E-state index in [1.807, 2.05) is 37.3 Å². The summed E-state index contributed by atoms with van der Waals surface area (Å²) < 4.78 is 5.15. The van der Waals surface area contributed by atoms with Crippen LogP contribution in [-0.4, -0.2) is 24.2 Å². The fourth-order valence-electron chi connectivity index (χ4n) is 2.45. The summed E-state index contributed by atoms with van der Waals surface area (Å²) in [7, 11) is 1.59. The second kappa shape index (κ2) is 8.55. The Labute approximate surface area is 146 Å². The largest absolute Gasteiger partial charge is 0.497 e. The van der Waals surface area contributed by atoms with Gasteiger partial charge in [0.05, 0.1) is 7.11 Å². The smallest absolute Gasteiger partial charge is 0.224 e. The van der Waals surface area contributed by atoms with Gasteiger partial charge in [0.25, 0.3) is 0 Å². The number of nitrogens with zero attached hydrogens (tertiary/aromatic N) is 1. The highest BCUT2D eigenvalue weighted by Crippen LogP contribution is 2.27. The van der Waals surface area contributed by atoms with Crippen LogP contribution < -0.4 is 9.64 Å². The van der Waals surface area contributed by atoms with Crippen molar-refractivity contribution in [2.45, 2.75) is 31.2 Å². The molecule has 24 heavy (non-hydrogen) atoms. The molecule has 0 bridgehead atoms. The molecule has 4 nitrogen and oxygen atoms in total. The number of carbonyl (C=O) groups is 2. The molecule has 0 spiro atoms. The molecule has 0 unspecified atom stereocenters. The van der Waals surface area contributed by atoms with Gasteiger partial charge in [-0.05, 0) is 54.6 Å². The molecule has 5 heteroatoms. The normalized spacial score (nSPS) is 11.6. The molecule has 0 N–H and O–H groups in total. The number of anilines is 1. The van der Waals surface area contributed by atoms with Gasteiger partial charge in [0.1, 0.15) is 11.8 Å². The van der Waals surface area contributed by atoms with E-state index in [4.69, 9.17) is 4.74 Å². The van der Waals surface area contributed by atoms with Gasteiger partial charge in [-0.25, -0.2) is 0 Å². The van der Waals surface area contributed by atoms with Gasteiger partial charge in [0.2, 0.25) is 11.0 Å². The summed E-state index contributed by atoms with van der Waals surface area (Å²) in [6, 6.07) is 16.1. The van der Waals surface area contributed by atoms with Gasteiger partial charge in [0.15, 0.2) is 0 Å². The van der Waals surface area contributed by atoms with E-state index in [0.717, 1.165) is 4.90 Å². The molecule has 2 aromatic rings. The maximum atomic E-state index is 12.7. The summed E-state index contributed by atoms with van der Waals surface area (Å²) in [5, 5.41) is -0.0466. The van der Waals surface area contributed by atoms with Crippen LogP contribution >= 0.6 is 11.8 Å². The molecule has 1 atom stereocenters. The number of ether oxygens (including phenoxy) is 1. The number of carbonyl (C=O) groups excluding carboxylic acids is 2. The summed E-state index contributed by atoms with van der Waals surface area (Å²) in [4.78, 5) is 27.3. The summed E-state index contributed by atoms with van der Waals surface area (Å²) >= 11 is 1.17. The Balaban J connectivity index is 2.25. The van der Waals surface area contributed by atoms with Gasteiger partial charge in [0, 0.05) is 17.5 Å². The zero-order valence-corrected chi connectivity index (χ0v) is 14.9. The molecule has 0 saturated heterocycles. The quantitative estimate of drug-likeness (QED) is 0.739. The van der Waals surface area contributed by atoms with E-state index in [-0.39, 0.29) is 11.0 Å². The van der Waals surface area contributed by atoms with Gasteiger partial charge < -0.3 is 9.64 Å².